The van der Waals surface area contributed by atoms with Crippen LogP contribution in [0.25, 0.3) is 5.69 Å². The van der Waals surface area contributed by atoms with Crippen molar-refractivity contribution in [3.05, 3.63) is 42.5 Å². The molecule has 0 atom stereocenters. The van der Waals surface area contributed by atoms with Crippen LogP contribution in [0.2, 0.25) is 0 Å². The quantitative estimate of drug-likeness (QED) is 0.818. The molecular formula is C15H22N2O. The minimum Gasteiger partial charge on any atom is -0.497 e. The Morgan fingerprint density at radius 3 is 2.11 bits per heavy atom. The molecule has 0 aliphatic rings. The fourth-order valence-corrected chi connectivity index (χ4v) is 1.32. The third-order valence-corrected chi connectivity index (χ3v) is 2.58. The lowest BCUT2D eigenvalue weighted by Gasteiger charge is -2.03. The number of benzene rings is 1. The molecule has 0 N–H and O–H groups in total. The monoisotopic (exact) mass is 246 g/mol. The summed E-state index contributed by atoms with van der Waals surface area (Å²) in [5, 5.41) is 0. The normalized spacial score (nSPS) is 9.56. The van der Waals surface area contributed by atoms with Crippen LogP contribution in [0, 0.1) is 6.92 Å². The highest BCUT2D eigenvalue weighted by Crippen LogP contribution is 2.14. The molecule has 98 valence electrons. The first-order chi connectivity index (χ1) is 8.71. The van der Waals surface area contributed by atoms with Crippen LogP contribution in [0.1, 0.15) is 32.4 Å². The molecule has 3 nitrogen and oxygen atoms in total. The average Bonchev–Trinajstić information content (AvgIpc) is 2.86. The van der Waals surface area contributed by atoms with Gasteiger partial charge in [0, 0.05) is 11.9 Å². The summed E-state index contributed by atoms with van der Waals surface area (Å²) in [5.41, 5.74) is 2.10. The topological polar surface area (TPSA) is 27.1 Å². The SMILES string of the molecule is CCCC.COc1ccc(-n2cnc(C)c2)cc1. The molecule has 0 spiro atoms. The summed E-state index contributed by atoms with van der Waals surface area (Å²) in [5.74, 6) is 0.866. The van der Waals surface area contributed by atoms with Crippen molar-refractivity contribution in [1.82, 2.24) is 9.55 Å². The fraction of sp³-hybridized carbons (Fsp3) is 0.400. The molecule has 0 aliphatic heterocycles. The molecule has 2 aromatic rings. The lowest BCUT2D eigenvalue weighted by atomic mass is 10.3. The van der Waals surface area contributed by atoms with Crippen molar-refractivity contribution < 1.29 is 4.74 Å². The molecule has 0 fully saturated rings. The molecule has 1 heterocycles. The summed E-state index contributed by atoms with van der Waals surface area (Å²) in [6.07, 6.45) is 6.43. The van der Waals surface area contributed by atoms with E-state index in [1.807, 2.05) is 42.0 Å². The molecule has 0 aliphatic carbocycles. The van der Waals surface area contributed by atoms with E-state index in [1.165, 1.54) is 12.8 Å². The zero-order chi connectivity index (χ0) is 13.4. The zero-order valence-electron chi connectivity index (χ0n) is 11.7. The minimum absolute atomic E-state index is 0.866. The highest BCUT2D eigenvalue weighted by atomic mass is 16.5. The van der Waals surface area contributed by atoms with Crippen LogP contribution in [0.5, 0.6) is 5.75 Å². The van der Waals surface area contributed by atoms with E-state index in [2.05, 4.69) is 18.8 Å². The summed E-state index contributed by atoms with van der Waals surface area (Å²) in [7, 11) is 1.66. The van der Waals surface area contributed by atoms with Crippen LogP contribution in [0.3, 0.4) is 0 Å². The second-order valence-electron chi connectivity index (χ2n) is 4.12. The van der Waals surface area contributed by atoms with Crippen LogP contribution in [0.15, 0.2) is 36.8 Å². The molecule has 0 amide bonds. The van der Waals surface area contributed by atoms with E-state index in [0.29, 0.717) is 0 Å². The van der Waals surface area contributed by atoms with Crippen molar-refractivity contribution in [3.63, 3.8) is 0 Å². The Morgan fingerprint density at radius 1 is 1.11 bits per heavy atom. The van der Waals surface area contributed by atoms with Crippen LogP contribution in [0.4, 0.5) is 0 Å². The van der Waals surface area contributed by atoms with Gasteiger partial charge in [-0.3, -0.25) is 0 Å². The Balaban J connectivity index is 0.000000357. The van der Waals surface area contributed by atoms with E-state index < -0.39 is 0 Å². The number of methoxy groups -OCH3 is 1. The molecule has 3 heteroatoms. The molecule has 0 saturated heterocycles. The maximum absolute atomic E-state index is 5.09. The van der Waals surface area contributed by atoms with E-state index in [4.69, 9.17) is 4.74 Å². The molecule has 0 saturated carbocycles. The summed E-state index contributed by atoms with van der Waals surface area (Å²) >= 11 is 0. The number of hydrogen-bond acceptors (Lipinski definition) is 2. The number of aromatic nitrogens is 2. The first kappa shape index (κ1) is 14.3. The summed E-state index contributed by atoms with van der Waals surface area (Å²) in [6.45, 7) is 6.33. The fourth-order valence-electron chi connectivity index (χ4n) is 1.32. The van der Waals surface area contributed by atoms with Crippen molar-refractivity contribution in [2.75, 3.05) is 7.11 Å². The van der Waals surface area contributed by atoms with Crippen LogP contribution < -0.4 is 4.74 Å². The van der Waals surface area contributed by atoms with E-state index >= 15 is 0 Å². The highest BCUT2D eigenvalue weighted by Gasteiger charge is 1.97. The van der Waals surface area contributed by atoms with Crippen LogP contribution >= 0.6 is 0 Å². The summed E-state index contributed by atoms with van der Waals surface area (Å²) in [4.78, 5) is 4.17. The van der Waals surface area contributed by atoms with Gasteiger partial charge in [-0.05, 0) is 31.2 Å². The smallest absolute Gasteiger partial charge is 0.119 e. The number of imidazole rings is 1. The maximum Gasteiger partial charge on any atom is 0.119 e. The van der Waals surface area contributed by atoms with Crippen molar-refractivity contribution >= 4 is 0 Å². The number of rotatable bonds is 3. The van der Waals surface area contributed by atoms with Crippen molar-refractivity contribution in [1.29, 1.82) is 0 Å². The van der Waals surface area contributed by atoms with Gasteiger partial charge in [0.2, 0.25) is 0 Å². The third-order valence-electron chi connectivity index (χ3n) is 2.58. The lowest BCUT2D eigenvalue weighted by molar-refractivity contribution is 0.415. The van der Waals surface area contributed by atoms with E-state index in [1.54, 1.807) is 13.4 Å². The highest BCUT2D eigenvalue weighted by molar-refractivity contribution is 5.37. The Hall–Kier alpha value is -1.77. The minimum atomic E-state index is 0.866. The second-order valence-corrected chi connectivity index (χ2v) is 4.12. The molecule has 0 unspecified atom stereocenters. The predicted octanol–water partition coefficient (Wildman–Crippen LogP) is 4.00. The van der Waals surface area contributed by atoms with Crippen molar-refractivity contribution in [2.24, 2.45) is 0 Å². The molecule has 0 radical (unpaired) electrons. The average molecular weight is 246 g/mol. The predicted molar refractivity (Wildman–Crippen MR) is 75.4 cm³/mol. The summed E-state index contributed by atoms with van der Waals surface area (Å²) in [6, 6.07) is 7.87. The Kier molecular flexibility index (Phi) is 5.98. The molecule has 1 aromatic heterocycles. The molecular weight excluding hydrogens is 224 g/mol. The van der Waals surface area contributed by atoms with E-state index in [-0.39, 0.29) is 0 Å². The van der Waals surface area contributed by atoms with Gasteiger partial charge in [0.15, 0.2) is 0 Å². The zero-order valence-corrected chi connectivity index (χ0v) is 11.7. The second kappa shape index (κ2) is 7.54. The van der Waals surface area contributed by atoms with Crippen LogP contribution in [-0.4, -0.2) is 16.7 Å². The number of ether oxygens (including phenoxy) is 1. The first-order valence-corrected chi connectivity index (χ1v) is 6.36. The number of hydrogen-bond donors (Lipinski definition) is 0. The van der Waals surface area contributed by atoms with Gasteiger partial charge in [-0.15, -0.1) is 0 Å². The Bertz CT molecular complexity index is 444. The first-order valence-electron chi connectivity index (χ1n) is 6.36. The van der Waals surface area contributed by atoms with Gasteiger partial charge in [-0.2, -0.15) is 0 Å². The number of nitrogens with zero attached hydrogens (tertiary/aromatic N) is 2. The van der Waals surface area contributed by atoms with Crippen molar-refractivity contribution in [3.8, 4) is 11.4 Å². The lowest BCUT2D eigenvalue weighted by Crippen LogP contribution is -1.89. The van der Waals surface area contributed by atoms with Gasteiger partial charge in [-0.1, -0.05) is 26.7 Å². The Morgan fingerprint density at radius 2 is 1.72 bits per heavy atom. The van der Waals surface area contributed by atoms with E-state index in [9.17, 15) is 0 Å². The molecule has 2 rings (SSSR count). The van der Waals surface area contributed by atoms with Gasteiger partial charge in [0.25, 0.3) is 0 Å². The number of unbranched alkanes of at least 4 members (excludes halogenated alkanes) is 1. The summed E-state index contributed by atoms with van der Waals surface area (Å²) < 4.78 is 7.07. The Labute approximate surface area is 109 Å². The number of aryl methyl sites for hydroxylation is 1. The molecule has 1 aromatic carbocycles. The van der Waals surface area contributed by atoms with Gasteiger partial charge >= 0.3 is 0 Å². The van der Waals surface area contributed by atoms with Crippen molar-refractivity contribution in [2.45, 2.75) is 33.6 Å². The van der Waals surface area contributed by atoms with Gasteiger partial charge < -0.3 is 9.30 Å². The molecule has 18 heavy (non-hydrogen) atoms. The van der Waals surface area contributed by atoms with Crippen LogP contribution in [-0.2, 0) is 0 Å². The largest absolute Gasteiger partial charge is 0.497 e. The molecule has 0 bridgehead atoms. The van der Waals surface area contributed by atoms with E-state index in [0.717, 1.165) is 17.1 Å². The van der Waals surface area contributed by atoms with Gasteiger partial charge in [-0.25, -0.2) is 4.98 Å². The third kappa shape index (κ3) is 4.24. The van der Waals surface area contributed by atoms with Gasteiger partial charge in [0.05, 0.1) is 19.1 Å². The standard InChI is InChI=1S/C11H12N2O.C4H10/c1-9-7-13(8-12-9)10-3-5-11(14-2)6-4-10;1-3-4-2/h3-8H,1-2H3;3-4H2,1-2H3. The maximum atomic E-state index is 5.09. The van der Waals surface area contributed by atoms with Gasteiger partial charge in [0.1, 0.15) is 5.75 Å².